The van der Waals surface area contributed by atoms with E-state index in [-0.39, 0.29) is 11.3 Å². The van der Waals surface area contributed by atoms with E-state index >= 15 is 0 Å². The number of β-amino-alcohol motifs (C(OH)–C–C–N with tert-alkyl or cyclic N) is 1. The molecule has 26 heavy (non-hydrogen) atoms. The molecule has 2 aromatic rings. The van der Waals surface area contributed by atoms with Crippen LogP contribution in [-0.4, -0.2) is 33.9 Å². The average molecular weight is 402 g/mol. The second-order valence-electron chi connectivity index (χ2n) is 6.69. The lowest BCUT2D eigenvalue weighted by atomic mass is 9.80. The van der Waals surface area contributed by atoms with E-state index in [0.717, 1.165) is 0 Å². The van der Waals surface area contributed by atoms with E-state index in [2.05, 4.69) is 61.7 Å². The molecule has 1 aliphatic rings. The summed E-state index contributed by atoms with van der Waals surface area (Å²) in [7, 11) is -4.94. The molecule has 0 amide bonds. The Morgan fingerprint density at radius 1 is 1.12 bits per heavy atom. The smallest absolute Gasteiger partial charge is 0.210 e. The molecule has 1 aliphatic heterocycles. The number of nitrogens with zero attached hydrogens (tertiary/aromatic N) is 1. The summed E-state index contributed by atoms with van der Waals surface area (Å²) in [6.07, 6.45) is -0.519. The van der Waals surface area contributed by atoms with Crippen LogP contribution in [0, 0.1) is 10.2 Å². The normalized spacial score (nSPS) is 17.0. The van der Waals surface area contributed by atoms with Crippen LogP contribution < -0.4 is 18.6 Å². The molecule has 1 N–H and O–H groups in total. The number of hydrogen-bond donors (Lipinski definition) is 1. The third-order valence-electron chi connectivity index (χ3n) is 4.70. The predicted molar refractivity (Wildman–Crippen MR) is 89.2 cm³/mol. The van der Waals surface area contributed by atoms with Crippen LogP contribution in [-0.2, 0) is 5.41 Å². The second-order valence-corrected chi connectivity index (χ2v) is 7.75. The molecule has 3 rings (SSSR count). The topological polar surface area (TPSA) is 115 Å². The van der Waals surface area contributed by atoms with Crippen LogP contribution in [0.5, 0.6) is 0 Å². The van der Waals surface area contributed by atoms with Crippen molar-refractivity contribution < 1.29 is 38.6 Å². The van der Waals surface area contributed by atoms with Gasteiger partial charge < -0.3 is 5.11 Å². The zero-order valence-corrected chi connectivity index (χ0v) is 16.3. The minimum atomic E-state index is -4.94. The number of aliphatic hydroxyl groups excluding tert-OH is 1. The summed E-state index contributed by atoms with van der Waals surface area (Å²) in [5, 5.41) is 12.5. The van der Waals surface area contributed by atoms with E-state index in [9.17, 15) is 5.11 Å². The molecule has 2 aromatic carbocycles. The monoisotopic (exact) mass is 401 g/mol. The molecule has 6 nitrogen and oxygen atoms in total. The van der Waals surface area contributed by atoms with Crippen molar-refractivity contribution in [3.63, 3.8) is 0 Å². The predicted octanol–water partition coefficient (Wildman–Crippen LogP) is -0.920. The Morgan fingerprint density at radius 2 is 1.69 bits per heavy atom. The van der Waals surface area contributed by atoms with E-state index in [0.29, 0.717) is 6.54 Å². The Morgan fingerprint density at radius 3 is 2.27 bits per heavy atom. The van der Waals surface area contributed by atoms with Gasteiger partial charge in [0.15, 0.2) is 12.3 Å². The van der Waals surface area contributed by atoms with Crippen molar-refractivity contribution in [1.82, 2.24) is 0 Å². The second kappa shape index (κ2) is 7.78. The van der Waals surface area contributed by atoms with Crippen LogP contribution in [0.4, 0.5) is 5.69 Å². The SMILES string of the molecule is CC1=[N+](CC(O)CCl)c2ccc3ccccc3c2C1(C)C.[O-][Cl+3]([O-])([O-])[O-]. The van der Waals surface area contributed by atoms with Gasteiger partial charge in [0.05, 0.1) is 11.3 Å². The lowest BCUT2D eigenvalue weighted by Crippen LogP contribution is -2.68. The first-order chi connectivity index (χ1) is 12.0. The summed E-state index contributed by atoms with van der Waals surface area (Å²) in [6.45, 7) is 7.20. The summed E-state index contributed by atoms with van der Waals surface area (Å²) < 4.78 is 36.2. The average Bonchev–Trinajstić information content (AvgIpc) is 2.74. The number of alkyl halides is 1. The quantitative estimate of drug-likeness (QED) is 0.527. The Hall–Kier alpha value is -1.25. The van der Waals surface area contributed by atoms with Gasteiger partial charge in [-0.3, -0.25) is 0 Å². The molecule has 0 bridgehead atoms. The fourth-order valence-electron chi connectivity index (χ4n) is 3.34. The number of hydrogen-bond acceptors (Lipinski definition) is 5. The van der Waals surface area contributed by atoms with Gasteiger partial charge in [-0.1, -0.05) is 24.3 Å². The highest BCUT2D eigenvalue weighted by Crippen LogP contribution is 2.43. The molecule has 1 unspecified atom stereocenters. The van der Waals surface area contributed by atoms with Crippen LogP contribution in [0.25, 0.3) is 10.8 Å². The van der Waals surface area contributed by atoms with E-state index in [1.54, 1.807) is 0 Å². The third kappa shape index (κ3) is 4.53. The number of benzene rings is 2. The van der Waals surface area contributed by atoms with E-state index < -0.39 is 16.3 Å². The number of rotatable bonds is 3. The van der Waals surface area contributed by atoms with Crippen molar-refractivity contribution in [2.24, 2.45) is 0 Å². The van der Waals surface area contributed by atoms with Crippen LogP contribution in [0.15, 0.2) is 36.4 Å². The van der Waals surface area contributed by atoms with Crippen molar-refractivity contribution in [3.05, 3.63) is 42.0 Å². The molecule has 0 spiro atoms. The molecule has 1 atom stereocenters. The van der Waals surface area contributed by atoms with E-state index in [4.69, 9.17) is 30.2 Å². The van der Waals surface area contributed by atoms with Crippen LogP contribution in [0.2, 0.25) is 0 Å². The van der Waals surface area contributed by atoms with Gasteiger partial charge in [0, 0.05) is 18.6 Å². The van der Waals surface area contributed by atoms with Gasteiger partial charge in [0.1, 0.15) is 6.10 Å². The third-order valence-corrected chi connectivity index (χ3v) is 5.06. The molecule has 0 saturated heterocycles. The standard InChI is InChI=1S/C18H21ClNO.ClHO4/c1-12-18(2,3)17-15-7-5-4-6-13(15)8-9-16(17)20(12)11-14(21)10-19;2-1(3,4)5/h4-9,14,21H,10-11H2,1-3H3;(H,2,3,4,5)/q+1;/p-1. The Kier molecular flexibility index (Phi) is 6.30. The van der Waals surface area contributed by atoms with E-state index in [1.165, 1.54) is 27.7 Å². The maximum absolute atomic E-state index is 9.96. The molecule has 0 aromatic heterocycles. The van der Waals surface area contributed by atoms with Crippen molar-refractivity contribution in [3.8, 4) is 0 Å². The molecule has 0 radical (unpaired) electrons. The maximum Gasteiger partial charge on any atom is 0.210 e. The van der Waals surface area contributed by atoms with E-state index in [1.807, 2.05) is 0 Å². The van der Waals surface area contributed by atoms with Gasteiger partial charge in [-0.15, -0.1) is 21.8 Å². The van der Waals surface area contributed by atoms with Gasteiger partial charge in [-0.25, -0.2) is 18.6 Å². The maximum atomic E-state index is 9.96. The highest BCUT2D eigenvalue weighted by atomic mass is 35.7. The van der Waals surface area contributed by atoms with Crippen LogP contribution in [0.3, 0.4) is 0 Å². The molecular formula is C18H21Cl2NO5. The summed E-state index contributed by atoms with van der Waals surface area (Å²) in [4.78, 5) is 0. The molecular weight excluding hydrogens is 381 g/mol. The lowest BCUT2D eigenvalue weighted by Gasteiger charge is -2.17. The van der Waals surface area contributed by atoms with Gasteiger partial charge in [0.25, 0.3) is 0 Å². The fourth-order valence-corrected chi connectivity index (χ4v) is 3.43. The lowest BCUT2D eigenvalue weighted by molar-refractivity contribution is -2.00. The van der Waals surface area contributed by atoms with Crippen LogP contribution >= 0.6 is 11.6 Å². The minimum absolute atomic E-state index is 0.0395. The van der Waals surface area contributed by atoms with Crippen molar-refractivity contribution in [2.75, 3.05) is 12.4 Å². The first-order valence-electron chi connectivity index (χ1n) is 7.96. The molecule has 0 saturated carbocycles. The van der Waals surface area contributed by atoms with Crippen molar-refractivity contribution in [2.45, 2.75) is 32.3 Å². The van der Waals surface area contributed by atoms with Gasteiger partial charge in [-0.2, -0.15) is 4.58 Å². The van der Waals surface area contributed by atoms with Gasteiger partial charge >= 0.3 is 0 Å². The number of fused-ring (bicyclic) bond motifs is 3. The van der Waals surface area contributed by atoms with Gasteiger partial charge in [0.2, 0.25) is 5.69 Å². The number of aliphatic hydroxyl groups is 1. The summed E-state index contributed by atoms with van der Waals surface area (Å²) in [6, 6.07) is 12.8. The first-order valence-corrected chi connectivity index (χ1v) is 9.73. The molecule has 0 aliphatic carbocycles. The Balaban J connectivity index is 0.000000431. The molecule has 142 valence electrons. The summed E-state index contributed by atoms with van der Waals surface area (Å²) in [5.74, 6) is 0.257. The Labute approximate surface area is 159 Å². The van der Waals surface area contributed by atoms with Gasteiger partial charge in [-0.05, 0) is 30.7 Å². The number of halogens is 2. The highest BCUT2D eigenvalue weighted by molar-refractivity contribution is 6.18. The van der Waals surface area contributed by atoms with Crippen molar-refractivity contribution in [1.29, 1.82) is 0 Å². The zero-order chi connectivity index (χ0) is 19.7. The van der Waals surface area contributed by atoms with Crippen LogP contribution in [0.1, 0.15) is 26.3 Å². The highest BCUT2D eigenvalue weighted by Gasteiger charge is 2.44. The largest absolute Gasteiger partial charge is 0.385 e. The van der Waals surface area contributed by atoms with Crippen molar-refractivity contribution >= 4 is 33.8 Å². The summed E-state index contributed by atoms with van der Waals surface area (Å²) in [5.41, 5.74) is 3.76. The first kappa shape index (κ1) is 21.1. The fraction of sp³-hybridized carbons (Fsp3) is 0.389. The minimum Gasteiger partial charge on any atom is -0.385 e. The zero-order valence-electron chi connectivity index (χ0n) is 14.7. The summed E-state index contributed by atoms with van der Waals surface area (Å²) >= 11 is 5.79. The molecule has 0 fully saturated rings. The molecule has 8 heteroatoms. The Bertz CT molecular complexity index is 824. The molecule has 1 heterocycles.